The average molecular weight is 396 g/mol. The van der Waals surface area contributed by atoms with Crippen molar-refractivity contribution < 1.29 is 4.39 Å². The Kier molecular flexibility index (Phi) is 5.27. The van der Waals surface area contributed by atoms with Crippen LogP contribution in [0.4, 0.5) is 4.39 Å². The fraction of sp³-hybridized carbons (Fsp3) is 0.143. The van der Waals surface area contributed by atoms with Gasteiger partial charge in [-0.15, -0.1) is 11.3 Å². The van der Waals surface area contributed by atoms with Crippen LogP contribution in [0.2, 0.25) is 0 Å². The third-order valence-corrected chi connectivity index (χ3v) is 5.74. The monoisotopic (exact) mass is 395 g/mol. The molecular formula is C21H18FN3S2. The molecule has 1 unspecified atom stereocenters. The lowest BCUT2D eigenvalue weighted by molar-refractivity contribution is 0.368. The molecule has 1 aliphatic heterocycles. The molecule has 0 spiro atoms. The van der Waals surface area contributed by atoms with Gasteiger partial charge in [0.05, 0.1) is 11.8 Å². The highest BCUT2D eigenvalue weighted by Gasteiger charge is 2.32. The van der Waals surface area contributed by atoms with Crippen molar-refractivity contribution in [3.8, 4) is 0 Å². The maximum absolute atomic E-state index is 13.7. The Morgan fingerprint density at radius 1 is 1.15 bits per heavy atom. The predicted molar refractivity (Wildman–Crippen MR) is 112 cm³/mol. The number of halogens is 1. The molecule has 0 radical (unpaired) electrons. The number of hydrogen-bond acceptors (Lipinski definition) is 3. The van der Waals surface area contributed by atoms with Crippen molar-refractivity contribution in [2.45, 2.75) is 19.0 Å². The fourth-order valence-corrected chi connectivity index (χ4v) is 4.15. The molecule has 136 valence electrons. The average Bonchev–Trinajstić information content (AvgIpc) is 3.36. The summed E-state index contributed by atoms with van der Waals surface area (Å²) in [6, 6.07) is 20.8. The zero-order chi connectivity index (χ0) is 18.6. The molecule has 2 aromatic carbocycles. The van der Waals surface area contributed by atoms with Crippen molar-refractivity contribution in [3.05, 3.63) is 93.9 Å². The van der Waals surface area contributed by atoms with E-state index in [1.165, 1.54) is 17.0 Å². The lowest BCUT2D eigenvalue weighted by Crippen LogP contribution is -2.36. The second-order valence-corrected chi connectivity index (χ2v) is 7.65. The second-order valence-electron chi connectivity index (χ2n) is 6.28. The molecule has 1 aliphatic rings. The summed E-state index contributed by atoms with van der Waals surface area (Å²) in [5, 5.41) is 12.5. The lowest BCUT2D eigenvalue weighted by Gasteiger charge is -2.23. The van der Waals surface area contributed by atoms with Crippen LogP contribution < -0.4 is 5.32 Å². The molecule has 2 heterocycles. The van der Waals surface area contributed by atoms with Gasteiger partial charge in [0.15, 0.2) is 5.11 Å². The summed E-state index contributed by atoms with van der Waals surface area (Å²) in [6.45, 7) is 0.637. The summed E-state index contributed by atoms with van der Waals surface area (Å²) < 4.78 is 13.7. The number of thiocarbonyl (C=S) groups is 1. The number of thiophene rings is 1. The lowest BCUT2D eigenvalue weighted by atomic mass is 10.0. The van der Waals surface area contributed by atoms with Crippen molar-refractivity contribution in [3.63, 3.8) is 0 Å². The van der Waals surface area contributed by atoms with Crippen LogP contribution in [0.25, 0.3) is 0 Å². The van der Waals surface area contributed by atoms with Gasteiger partial charge in [0.25, 0.3) is 0 Å². The number of benzene rings is 2. The molecule has 3 aromatic rings. The Morgan fingerprint density at radius 3 is 2.74 bits per heavy atom. The van der Waals surface area contributed by atoms with Crippen LogP contribution in [0.1, 0.15) is 28.5 Å². The summed E-state index contributed by atoms with van der Waals surface area (Å²) in [5.41, 5.74) is 2.79. The zero-order valence-electron chi connectivity index (χ0n) is 14.5. The van der Waals surface area contributed by atoms with Crippen LogP contribution in [0.15, 0.2) is 77.2 Å². The topological polar surface area (TPSA) is 27.6 Å². The summed E-state index contributed by atoms with van der Waals surface area (Å²) in [5.74, 6) is -0.258. The first kappa shape index (κ1) is 17.8. The van der Waals surface area contributed by atoms with E-state index in [1.54, 1.807) is 17.4 Å². The highest BCUT2D eigenvalue weighted by atomic mass is 32.1. The molecular weight excluding hydrogens is 377 g/mol. The SMILES string of the molecule is Fc1cccc(C2=NN(C(=S)NCc3ccccc3)C(c3cccs3)C2)c1. The first-order valence-electron chi connectivity index (χ1n) is 8.68. The number of nitrogens with one attached hydrogen (secondary N) is 1. The number of rotatable bonds is 4. The van der Waals surface area contributed by atoms with Gasteiger partial charge in [-0.1, -0.05) is 48.5 Å². The van der Waals surface area contributed by atoms with Crippen LogP contribution in [0.5, 0.6) is 0 Å². The number of hydrazone groups is 1. The van der Waals surface area contributed by atoms with Gasteiger partial charge < -0.3 is 5.32 Å². The quantitative estimate of drug-likeness (QED) is 0.622. The Bertz CT molecular complexity index is 955. The standard InChI is InChI=1S/C21H18FN3S2/c22-17-9-4-8-16(12-17)18-13-19(20-10-5-11-27-20)25(24-18)21(26)23-14-15-6-2-1-3-7-15/h1-12,19H,13-14H2,(H,23,26). The minimum absolute atomic E-state index is 0.0269. The van der Waals surface area contributed by atoms with E-state index in [9.17, 15) is 4.39 Å². The largest absolute Gasteiger partial charge is 0.357 e. The normalized spacial score (nSPS) is 16.3. The Balaban J connectivity index is 1.57. The van der Waals surface area contributed by atoms with Crippen molar-refractivity contribution >= 4 is 34.4 Å². The van der Waals surface area contributed by atoms with E-state index in [2.05, 4.69) is 23.5 Å². The molecule has 0 saturated carbocycles. The third-order valence-electron chi connectivity index (χ3n) is 4.43. The third kappa shape index (κ3) is 4.07. The van der Waals surface area contributed by atoms with Crippen LogP contribution in [0.3, 0.4) is 0 Å². The molecule has 1 atom stereocenters. The molecule has 0 bridgehead atoms. The maximum atomic E-state index is 13.7. The van der Waals surface area contributed by atoms with E-state index in [0.29, 0.717) is 18.1 Å². The van der Waals surface area contributed by atoms with E-state index >= 15 is 0 Å². The van der Waals surface area contributed by atoms with Gasteiger partial charge in [-0.05, 0) is 41.4 Å². The summed E-state index contributed by atoms with van der Waals surface area (Å²) in [4.78, 5) is 1.19. The van der Waals surface area contributed by atoms with E-state index in [4.69, 9.17) is 17.3 Å². The Hall–Kier alpha value is -2.57. The van der Waals surface area contributed by atoms with Gasteiger partial charge in [-0.3, -0.25) is 0 Å². The predicted octanol–water partition coefficient (Wildman–Crippen LogP) is 5.11. The smallest absolute Gasteiger partial charge is 0.190 e. The molecule has 6 heteroatoms. The van der Waals surface area contributed by atoms with Gasteiger partial charge in [0.2, 0.25) is 0 Å². The molecule has 0 amide bonds. The van der Waals surface area contributed by atoms with Gasteiger partial charge in [0, 0.05) is 23.4 Å². The van der Waals surface area contributed by atoms with Gasteiger partial charge in [0.1, 0.15) is 5.82 Å². The van der Waals surface area contributed by atoms with Crippen molar-refractivity contribution in [2.75, 3.05) is 0 Å². The number of nitrogens with zero attached hydrogens (tertiary/aromatic N) is 2. The van der Waals surface area contributed by atoms with Crippen molar-refractivity contribution in [1.29, 1.82) is 0 Å². The first-order chi connectivity index (χ1) is 13.2. The zero-order valence-corrected chi connectivity index (χ0v) is 16.1. The summed E-state index contributed by atoms with van der Waals surface area (Å²) in [6.07, 6.45) is 0.692. The molecule has 3 nitrogen and oxygen atoms in total. The van der Waals surface area contributed by atoms with Crippen molar-refractivity contribution in [2.24, 2.45) is 5.10 Å². The molecule has 1 N–H and O–H groups in total. The molecule has 27 heavy (non-hydrogen) atoms. The van der Waals surface area contributed by atoms with E-state index in [1.807, 2.05) is 40.7 Å². The van der Waals surface area contributed by atoms with Crippen LogP contribution in [-0.2, 0) is 6.54 Å². The Morgan fingerprint density at radius 2 is 2.00 bits per heavy atom. The summed E-state index contributed by atoms with van der Waals surface area (Å²) in [7, 11) is 0. The van der Waals surface area contributed by atoms with E-state index < -0.39 is 0 Å². The fourth-order valence-electron chi connectivity index (χ4n) is 3.10. The molecule has 4 rings (SSSR count). The van der Waals surface area contributed by atoms with Crippen LogP contribution in [0, 0.1) is 5.82 Å². The van der Waals surface area contributed by atoms with Gasteiger partial charge >= 0.3 is 0 Å². The van der Waals surface area contributed by atoms with Crippen LogP contribution >= 0.6 is 23.6 Å². The molecule has 0 fully saturated rings. The van der Waals surface area contributed by atoms with E-state index in [0.717, 1.165) is 16.8 Å². The highest BCUT2D eigenvalue weighted by Crippen LogP contribution is 2.35. The van der Waals surface area contributed by atoms with E-state index in [-0.39, 0.29) is 11.9 Å². The minimum atomic E-state index is -0.258. The molecule has 0 saturated heterocycles. The second kappa shape index (κ2) is 7.98. The number of hydrogen-bond donors (Lipinski definition) is 1. The Labute approximate surface area is 167 Å². The highest BCUT2D eigenvalue weighted by molar-refractivity contribution is 7.80. The summed E-state index contributed by atoms with van der Waals surface area (Å²) >= 11 is 7.31. The minimum Gasteiger partial charge on any atom is -0.357 e. The first-order valence-corrected chi connectivity index (χ1v) is 9.97. The molecule has 0 aliphatic carbocycles. The molecule has 1 aromatic heterocycles. The van der Waals surface area contributed by atoms with Gasteiger partial charge in [-0.25, -0.2) is 9.40 Å². The van der Waals surface area contributed by atoms with Crippen LogP contribution in [-0.4, -0.2) is 15.8 Å². The van der Waals surface area contributed by atoms with Gasteiger partial charge in [-0.2, -0.15) is 5.10 Å². The van der Waals surface area contributed by atoms with Crippen molar-refractivity contribution in [1.82, 2.24) is 10.3 Å². The maximum Gasteiger partial charge on any atom is 0.190 e.